The Labute approximate surface area is 126 Å². The van der Waals surface area contributed by atoms with Gasteiger partial charge in [0.05, 0.1) is 0 Å². The number of carbonyl (C=O) groups is 1. The number of carbonyl (C=O) groups excluding carboxylic acids is 1. The van der Waals surface area contributed by atoms with Crippen LogP contribution in [0.15, 0.2) is 24.3 Å². The topological polar surface area (TPSA) is 20.3 Å². The molecule has 1 unspecified atom stereocenters. The van der Waals surface area contributed by atoms with Crippen LogP contribution in [-0.4, -0.2) is 29.8 Å². The Bertz CT molecular complexity index is 464. The summed E-state index contributed by atoms with van der Waals surface area (Å²) in [5.41, 5.74) is 0.813. The van der Waals surface area contributed by atoms with E-state index < -0.39 is 0 Å². The molecule has 3 rings (SSSR count). The van der Waals surface area contributed by atoms with Gasteiger partial charge in [-0.05, 0) is 56.5 Å². The van der Waals surface area contributed by atoms with Crippen LogP contribution in [0.3, 0.4) is 0 Å². The molecule has 1 aromatic rings. The van der Waals surface area contributed by atoms with E-state index in [1.807, 2.05) is 24.3 Å². The molecule has 2 nitrogen and oxygen atoms in total. The number of piperidine rings is 1. The van der Waals surface area contributed by atoms with E-state index in [9.17, 15) is 4.79 Å². The van der Waals surface area contributed by atoms with Crippen LogP contribution < -0.4 is 0 Å². The molecule has 0 radical (unpaired) electrons. The second kappa shape index (κ2) is 6.28. The Morgan fingerprint density at radius 1 is 1.05 bits per heavy atom. The fourth-order valence-corrected chi connectivity index (χ4v) is 3.80. The van der Waals surface area contributed by atoms with Gasteiger partial charge in [-0.25, -0.2) is 0 Å². The van der Waals surface area contributed by atoms with E-state index in [1.165, 1.54) is 32.2 Å². The first kappa shape index (κ1) is 14.1. The van der Waals surface area contributed by atoms with Crippen LogP contribution in [-0.2, 0) is 0 Å². The Morgan fingerprint density at radius 3 is 2.45 bits per heavy atom. The number of nitrogens with zero attached hydrogens (tertiary/aromatic N) is 1. The number of ketones is 1. The third-order valence-electron chi connectivity index (χ3n) is 4.79. The minimum Gasteiger partial charge on any atom is -0.300 e. The molecule has 0 bridgehead atoms. The zero-order valence-electron chi connectivity index (χ0n) is 11.9. The van der Waals surface area contributed by atoms with Gasteiger partial charge in [-0.3, -0.25) is 9.69 Å². The molecule has 20 heavy (non-hydrogen) atoms. The number of Topliss-reactive ketones (excluding diaryl/α,β-unsaturated/α-hetero) is 1. The lowest BCUT2D eigenvalue weighted by molar-refractivity contribution is 0.0757. The average Bonchev–Trinajstić information content (AvgIpc) is 3.02. The van der Waals surface area contributed by atoms with E-state index in [1.54, 1.807) is 0 Å². The molecule has 108 valence electrons. The van der Waals surface area contributed by atoms with E-state index in [0.29, 0.717) is 10.8 Å². The molecule has 1 aliphatic carbocycles. The van der Waals surface area contributed by atoms with Crippen LogP contribution in [0, 0.1) is 5.92 Å². The maximum Gasteiger partial charge on any atom is 0.167 e. The summed E-state index contributed by atoms with van der Waals surface area (Å²) in [6.45, 7) is 2.13. The van der Waals surface area contributed by atoms with E-state index in [2.05, 4.69) is 4.90 Å². The molecule has 2 fully saturated rings. The molecule has 1 atom stereocenters. The van der Waals surface area contributed by atoms with E-state index in [0.717, 1.165) is 31.0 Å². The largest absolute Gasteiger partial charge is 0.300 e. The van der Waals surface area contributed by atoms with Crippen LogP contribution in [0.1, 0.15) is 48.9 Å². The smallest absolute Gasteiger partial charge is 0.167 e. The number of hydrogen-bond donors (Lipinski definition) is 0. The van der Waals surface area contributed by atoms with E-state index >= 15 is 0 Å². The summed E-state index contributed by atoms with van der Waals surface area (Å²) in [5, 5.41) is 0.692. The van der Waals surface area contributed by atoms with Crippen molar-refractivity contribution in [3.8, 4) is 0 Å². The maximum atomic E-state index is 12.6. The van der Waals surface area contributed by atoms with Gasteiger partial charge in [0.1, 0.15) is 0 Å². The van der Waals surface area contributed by atoms with E-state index in [-0.39, 0.29) is 5.92 Å². The van der Waals surface area contributed by atoms with Crippen LogP contribution >= 0.6 is 11.6 Å². The van der Waals surface area contributed by atoms with E-state index in [4.69, 9.17) is 11.6 Å². The highest BCUT2D eigenvalue weighted by Gasteiger charge is 2.31. The Morgan fingerprint density at radius 2 is 1.75 bits per heavy atom. The number of rotatable bonds is 3. The molecule has 0 amide bonds. The predicted octanol–water partition coefficient (Wildman–Crippen LogP) is 4.18. The van der Waals surface area contributed by atoms with Crippen molar-refractivity contribution < 1.29 is 4.79 Å². The van der Waals surface area contributed by atoms with Gasteiger partial charge in [-0.1, -0.05) is 24.4 Å². The molecular weight excluding hydrogens is 270 g/mol. The van der Waals surface area contributed by atoms with Gasteiger partial charge < -0.3 is 0 Å². The second-order valence-corrected chi connectivity index (χ2v) is 6.58. The van der Waals surface area contributed by atoms with Crippen LogP contribution in [0.4, 0.5) is 0 Å². The Balaban J connectivity index is 1.66. The summed E-state index contributed by atoms with van der Waals surface area (Å²) >= 11 is 5.89. The first-order valence-corrected chi connectivity index (χ1v) is 8.15. The number of benzene rings is 1. The lowest BCUT2D eigenvalue weighted by Gasteiger charge is -2.36. The van der Waals surface area contributed by atoms with Gasteiger partial charge in [-0.15, -0.1) is 0 Å². The molecule has 1 saturated heterocycles. The number of hydrogen-bond acceptors (Lipinski definition) is 2. The van der Waals surface area contributed by atoms with Gasteiger partial charge in [0.15, 0.2) is 5.78 Å². The lowest BCUT2D eigenvalue weighted by Crippen LogP contribution is -2.43. The summed E-state index contributed by atoms with van der Waals surface area (Å²) in [6, 6.07) is 8.08. The summed E-state index contributed by atoms with van der Waals surface area (Å²) < 4.78 is 0. The summed E-state index contributed by atoms with van der Waals surface area (Å²) in [5.74, 6) is 0.467. The molecular formula is C17H22ClNO. The van der Waals surface area contributed by atoms with Gasteiger partial charge in [0.25, 0.3) is 0 Å². The molecule has 0 spiro atoms. The third-order valence-corrected chi connectivity index (χ3v) is 5.05. The maximum absolute atomic E-state index is 12.6. The van der Waals surface area contributed by atoms with Crippen molar-refractivity contribution >= 4 is 17.4 Å². The normalized spacial score (nSPS) is 24.9. The Hall–Kier alpha value is -0.860. The highest BCUT2D eigenvalue weighted by atomic mass is 35.5. The fourth-order valence-electron chi connectivity index (χ4n) is 3.67. The molecule has 1 heterocycles. The Kier molecular flexibility index (Phi) is 4.42. The van der Waals surface area contributed by atoms with Crippen molar-refractivity contribution in [1.82, 2.24) is 4.90 Å². The van der Waals surface area contributed by atoms with Gasteiger partial charge in [-0.2, -0.15) is 0 Å². The van der Waals surface area contributed by atoms with Crippen molar-refractivity contribution in [2.24, 2.45) is 5.92 Å². The molecule has 1 aliphatic heterocycles. The first-order valence-electron chi connectivity index (χ1n) is 7.78. The summed E-state index contributed by atoms with van der Waals surface area (Å²) in [4.78, 5) is 15.2. The quantitative estimate of drug-likeness (QED) is 0.779. The van der Waals surface area contributed by atoms with Crippen molar-refractivity contribution in [1.29, 1.82) is 0 Å². The average molecular weight is 292 g/mol. The van der Waals surface area contributed by atoms with Gasteiger partial charge >= 0.3 is 0 Å². The second-order valence-electron chi connectivity index (χ2n) is 6.14. The van der Waals surface area contributed by atoms with Crippen molar-refractivity contribution in [3.63, 3.8) is 0 Å². The minimum atomic E-state index is 0.172. The van der Waals surface area contributed by atoms with Gasteiger partial charge in [0, 0.05) is 29.1 Å². The minimum absolute atomic E-state index is 0.172. The van der Waals surface area contributed by atoms with Crippen LogP contribution in [0.5, 0.6) is 0 Å². The molecule has 1 aromatic carbocycles. The SMILES string of the molecule is O=C(c1ccc(Cl)cc1)C1CCCN(C2CCCC2)C1. The lowest BCUT2D eigenvalue weighted by atomic mass is 9.89. The van der Waals surface area contributed by atoms with Crippen molar-refractivity contribution in [2.45, 2.75) is 44.6 Å². The summed E-state index contributed by atoms with van der Waals surface area (Å²) in [6.07, 6.45) is 7.54. The molecule has 0 aromatic heterocycles. The van der Waals surface area contributed by atoms with Crippen molar-refractivity contribution in [2.75, 3.05) is 13.1 Å². The van der Waals surface area contributed by atoms with Crippen LogP contribution in [0.25, 0.3) is 0 Å². The number of likely N-dealkylation sites (tertiary alicyclic amines) is 1. The molecule has 0 N–H and O–H groups in total. The standard InChI is InChI=1S/C17H22ClNO/c18-15-9-7-13(8-10-15)17(20)14-4-3-11-19(12-14)16-5-1-2-6-16/h7-10,14,16H,1-6,11-12H2. The highest BCUT2D eigenvalue weighted by Crippen LogP contribution is 2.29. The monoisotopic (exact) mass is 291 g/mol. The first-order chi connectivity index (χ1) is 9.74. The number of halogens is 1. The molecule has 3 heteroatoms. The molecule has 1 saturated carbocycles. The summed E-state index contributed by atoms with van der Waals surface area (Å²) in [7, 11) is 0. The van der Waals surface area contributed by atoms with Crippen molar-refractivity contribution in [3.05, 3.63) is 34.9 Å². The fraction of sp³-hybridized carbons (Fsp3) is 0.588. The zero-order valence-corrected chi connectivity index (χ0v) is 12.6. The highest BCUT2D eigenvalue weighted by molar-refractivity contribution is 6.30. The molecule has 2 aliphatic rings. The predicted molar refractivity (Wildman–Crippen MR) is 82.3 cm³/mol. The zero-order chi connectivity index (χ0) is 13.9. The third kappa shape index (κ3) is 3.07. The van der Waals surface area contributed by atoms with Gasteiger partial charge in [0.2, 0.25) is 0 Å². The van der Waals surface area contributed by atoms with Crippen LogP contribution in [0.2, 0.25) is 5.02 Å².